The van der Waals surface area contributed by atoms with Crippen LogP contribution in [0.25, 0.3) is 0 Å². The number of fused-ring (bicyclic) bond motifs is 3. The van der Waals surface area contributed by atoms with Crippen molar-refractivity contribution in [3.8, 4) is 0 Å². The Morgan fingerprint density at radius 1 is 1.15 bits per heavy atom. The van der Waals surface area contributed by atoms with Gasteiger partial charge in [0.1, 0.15) is 0 Å². The third-order valence-corrected chi connectivity index (χ3v) is 7.23. The molecule has 1 aromatic carbocycles. The predicted octanol–water partition coefficient (Wildman–Crippen LogP) is 3.57. The average molecular weight is 286 g/mol. The van der Waals surface area contributed by atoms with Crippen LogP contribution in [0.1, 0.15) is 32.6 Å². The summed E-state index contributed by atoms with van der Waals surface area (Å²) in [5.74, 6) is 0.928. The fourth-order valence-electron chi connectivity index (χ4n) is 5.09. The zero-order valence-corrected chi connectivity index (χ0v) is 12.9. The summed E-state index contributed by atoms with van der Waals surface area (Å²) in [5.41, 5.74) is 2.06. The van der Waals surface area contributed by atoms with Crippen LogP contribution in [0, 0.1) is 5.92 Å². The van der Waals surface area contributed by atoms with Crippen molar-refractivity contribution in [3.05, 3.63) is 24.3 Å². The summed E-state index contributed by atoms with van der Waals surface area (Å²) in [4.78, 5) is 7.12. The van der Waals surface area contributed by atoms with E-state index in [-0.39, 0.29) is 0 Å². The van der Waals surface area contributed by atoms with Crippen LogP contribution >= 0.6 is 11.8 Å². The van der Waals surface area contributed by atoms with Gasteiger partial charge >= 0.3 is 0 Å². The molecule has 1 spiro atoms. The van der Waals surface area contributed by atoms with Crippen LogP contribution in [0.15, 0.2) is 29.2 Å². The van der Waals surface area contributed by atoms with Crippen molar-refractivity contribution in [1.29, 1.82) is 0 Å². The fraction of sp³-hybridized carbons (Fsp3) is 0.647. The lowest BCUT2D eigenvalue weighted by molar-refractivity contribution is 0.00867. The Labute approximate surface area is 125 Å². The first-order chi connectivity index (χ1) is 9.79. The third-order valence-electron chi connectivity index (χ3n) is 6.06. The molecule has 4 aliphatic heterocycles. The Hall–Kier alpha value is -0.670. The maximum absolute atomic E-state index is 2.83. The molecule has 5 aliphatic rings. The quantitative estimate of drug-likeness (QED) is 0.779. The second kappa shape index (κ2) is 3.95. The van der Waals surface area contributed by atoms with Crippen LogP contribution in [-0.4, -0.2) is 34.9 Å². The molecule has 0 amide bonds. The number of anilines is 1. The van der Waals surface area contributed by atoms with E-state index in [1.165, 1.54) is 49.4 Å². The van der Waals surface area contributed by atoms with Gasteiger partial charge in [0.15, 0.2) is 0 Å². The smallest absolute Gasteiger partial charge is 0.0774 e. The van der Waals surface area contributed by atoms with Gasteiger partial charge in [0.2, 0.25) is 0 Å². The van der Waals surface area contributed by atoms with E-state index in [1.807, 2.05) is 0 Å². The predicted molar refractivity (Wildman–Crippen MR) is 84.3 cm³/mol. The number of hydrogen-bond acceptors (Lipinski definition) is 3. The maximum atomic E-state index is 2.83. The molecule has 2 nitrogen and oxygen atoms in total. The molecule has 3 saturated heterocycles. The van der Waals surface area contributed by atoms with Crippen molar-refractivity contribution in [2.75, 3.05) is 18.0 Å². The summed E-state index contributed by atoms with van der Waals surface area (Å²) in [7, 11) is 0. The molecule has 3 heteroatoms. The van der Waals surface area contributed by atoms with Crippen LogP contribution in [0.4, 0.5) is 5.69 Å². The molecule has 106 valence electrons. The zero-order chi connectivity index (χ0) is 13.3. The second-order valence-corrected chi connectivity index (χ2v) is 8.32. The highest BCUT2D eigenvalue weighted by Crippen LogP contribution is 2.59. The van der Waals surface area contributed by atoms with Crippen molar-refractivity contribution in [1.82, 2.24) is 4.90 Å². The lowest BCUT2D eigenvalue weighted by Gasteiger charge is -2.56. The first-order valence-electron chi connectivity index (χ1n) is 8.09. The monoisotopic (exact) mass is 286 g/mol. The van der Waals surface area contributed by atoms with Crippen LogP contribution in [-0.2, 0) is 0 Å². The summed E-state index contributed by atoms with van der Waals surface area (Å²) in [6, 6.07) is 9.82. The van der Waals surface area contributed by atoms with E-state index in [0.717, 1.165) is 12.0 Å². The first kappa shape index (κ1) is 11.9. The summed E-state index contributed by atoms with van der Waals surface area (Å²) in [6.07, 6.45) is 5.71. The minimum atomic E-state index is 0.549. The molecule has 4 heterocycles. The Morgan fingerprint density at radius 2 is 1.90 bits per heavy atom. The molecule has 20 heavy (non-hydrogen) atoms. The van der Waals surface area contributed by atoms with Crippen molar-refractivity contribution in [2.24, 2.45) is 5.92 Å². The second-order valence-electron chi connectivity index (χ2n) is 6.97. The Kier molecular flexibility index (Phi) is 2.36. The normalized spacial score (nSPS) is 40.1. The van der Waals surface area contributed by atoms with E-state index in [9.17, 15) is 0 Å². The Morgan fingerprint density at radius 3 is 2.65 bits per heavy atom. The molecule has 2 bridgehead atoms. The number of para-hydroxylation sites is 1. The molecule has 6 rings (SSSR count). The molecular formula is C17H22N2S. The van der Waals surface area contributed by atoms with E-state index in [2.05, 4.69) is 52.8 Å². The molecule has 0 N–H and O–H groups in total. The summed E-state index contributed by atoms with van der Waals surface area (Å²) in [5, 5.41) is 0.607. The fourth-order valence-corrected chi connectivity index (χ4v) is 6.27. The highest BCUT2D eigenvalue weighted by Gasteiger charge is 2.63. The van der Waals surface area contributed by atoms with Gasteiger partial charge in [-0.2, -0.15) is 0 Å². The van der Waals surface area contributed by atoms with Crippen LogP contribution in [0.2, 0.25) is 0 Å². The average Bonchev–Trinajstić information content (AvgIpc) is 3.18. The van der Waals surface area contributed by atoms with Crippen LogP contribution < -0.4 is 4.90 Å². The highest BCUT2D eigenvalue weighted by molar-refractivity contribution is 8.00. The molecular weight excluding hydrogens is 264 g/mol. The zero-order valence-electron chi connectivity index (χ0n) is 12.1. The standard InChI is InChI=1S/C17H22N2S/c1-12-19(14-4-2-3-5-15(14)20-12)16-13-6-10-18(11-7-13)17(16)8-9-17/h2-5,12-13,16H,6-11H2,1H3/t12-,16?/m1/s1. The minimum Gasteiger partial charge on any atom is -0.353 e. The van der Waals surface area contributed by atoms with Gasteiger partial charge in [0.05, 0.1) is 17.1 Å². The van der Waals surface area contributed by atoms with Gasteiger partial charge in [-0.1, -0.05) is 23.9 Å². The largest absolute Gasteiger partial charge is 0.353 e. The van der Waals surface area contributed by atoms with E-state index < -0.39 is 0 Å². The van der Waals surface area contributed by atoms with E-state index in [0.29, 0.717) is 10.9 Å². The topological polar surface area (TPSA) is 6.48 Å². The van der Waals surface area contributed by atoms with Crippen LogP contribution in [0.3, 0.4) is 0 Å². The number of benzene rings is 1. The number of hydrogen-bond donors (Lipinski definition) is 0. The minimum absolute atomic E-state index is 0.549. The van der Waals surface area contributed by atoms with Gasteiger partial charge in [-0.25, -0.2) is 0 Å². The van der Waals surface area contributed by atoms with Gasteiger partial charge < -0.3 is 4.90 Å². The maximum Gasteiger partial charge on any atom is 0.0774 e. The molecule has 1 aromatic rings. The van der Waals surface area contributed by atoms with E-state index >= 15 is 0 Å². The SMILES string of the molecule is C[C@H]1Sc2ccccc2N1C1C2CCN(CC2)C12CC2. The first-order valence-corrected chi connectivity index (χ1v) is 8.97. The summed E-state index contributed by atoms with van der Waals surface area (Å²) < 4.78 is 0. The van der Waals surface area contributed by atoms with Gasteiger partial charge in [-0.05, 0) is 63.7 Å². The molecule has 2 atom stereocenters. The Bertz CT molecular complexity index is 546. The van der Waals surface area contributed by atoms with E-state index in [1.54, 1.807) is 0 Å². The third kappa shape index (κ3) is 1.41. The van der Waals surface area contributed by atoms with Crippen molar-refractivity contribution >= 4 is 17.4 Å². The molecule has 0 radical (unpaired) electrons. The Balaban J connectivity index is 1.60. The van der Waals surface area contributed by atoms with Gasteiger partial charge in [0, 0.05) is 10.4 Å². The van der Waals surface area contributed by atoms with Gasteiger partial charge in [0.25, 0.3) is 0 Å². The molecule has 0 aromatic heterocycles. The highest BCUT2D eigenvalue weighted by atomic mass is 32.2. The molecule has 1 aliphatic carbocycles. The number of nitrogens with zero attached hydrogens (tertiary/aromatic N) is 2. The van der Waals surface area contributed by atoms with Crippen molar-refractivity contribution in [2.45, 2.75) is 54.5 Å². The lowest BCUT2D eigenvalue weighted by Crippen LogP contribution is -2.66. The van der Waals surface area contributed by atoms with Gasteiger partial charge in [-0.15, -0.1) is 0 Å². The van der Waals surface area contributed by atoms with E-state index in [4.69, 9.17) is 0 Å². The summed E-state index contributed by atoms with van der Waals surface area (Å²) >= 11 is 2.06. The van der Waals surface area contributed by atoms with Crippen molar-refractivity contribution in [3.63, 3.8) is 0 Å². The molecule has 1 unspecified atom stereocenters. The number of rotatable bonds is 1. The molecule has 4 fully saturated rings. The molecule has 1 saturated carbocycles. The number of piperidine rings is 3. The lowest BCUT2D eigenvalue weighted by atomic mass is 9.76. The number of thioether (sulfide) groups is 1. The summed E-state index contributed by atoms with van der Waals surface area (Å²) in [6.45, 7) is 5.12. The van der Waals surface area contributed by atoms with Gasteiger partial charge in [-0.3, -0.25) is 4.90 Å². The van der Waals surface area contributed by atoms with Crippen LogP contribution in [0.5, 0.6) is 0 Å². The van der Waals surface area contributed by atoms with Crippen molar-refractivity contribution < 1.29 is 0 Å².